The minimum Gasteiger partial charge on any atom is -0.337 e. The lowest BCUT2D eigenvalue weighted by Gasteiger charge is -2.52. The number of carbonyl (C=O) groups is 1. The van der Waals surface area contributed by atoms with Crippen molar-refractivity contribution in [2.45, 2.75) is 19.8 Å². The molecule has 0 aromatic heterocycles. The van der Waals surface area contributed by atoms with Crippen molar-refractivity contribution in [1.82, 2.24) is 10.2 Å². The zero-order chi connectivity index (χ0) is 12.6. The van der Waals surface area contributed by atoms with Gasteiger partial charge in [0, 0.05) is 24.1 Å². The molecule has 3 heteroatoms. The zero-order valence-electron chi connectivity index (χ0n) is 10.9. The van der Waals surface area contributed by atoms with Crippen LogP contribution in [0.15, 0.2) is 24.3 Å². The summed E-state index contributed by atoms with van der Waals surface area (Å²) in [6, 6.07) is 7.89. The van der Waals surface area contributed by atoms with E-state index in [2.05, 4.69) is 5.32 Å². The number of likely N-dealkylation sites (tertiary alicyclic amines) is 1. The molecule has 3 rings (SSSR count). The molecule has 1 aromatic carbocycles. The molecule has 0 saturated carbocycles. The third kappa shape index (κ3) is 2.03. The highest BCUT2D eigenvalue weighted by Gasteiger charge is 2.45. The highest BCUT2D eigenvalue weighted by Crippen LogP contribution is 2.39. The van der Waals surface area contributed by atoms with Crippen LogP contribution in [0.4, 0.5) is 0 Å². The average molecular weight is 244 g/mol. The highest BCUT2D eigenvalue weighted by atomic mass is 16.2. The van der Waals surface area contributed by atoms with Gasteiger partial charge >= 0.3 is 0 Å². The number of nitrogens with zero attached hydrogens (tertiary/aromatic N) is 1. The summed E-state index contributed by atoms with van der Waals surface area (Å²) in [6.45, 7) is 6.14. The first-order chi connectivity index (χ1) is 8.69. The van der Waals surface area contributed by atoms with Gasteiger partial charge in [0.15, 0.2) is 0 Å². The van der Waals surface area contributed by atoms with Crippen molar-refractivity contribution < 1.29 is 4.79 Å². The highest BCUT2D eigenvalue weighted by molar-refractivity contribution is 5.94. The van der Waals surface area contributed by atoms with E-state index in [1.54, 1.807) is 0 Å². The Morgan fingerprint density at radius 3 is 2.39 bits per heavy atom. The van der Waals surface area contributed by atoms with E-state index in [-0.39, 0.29) is 5.91 Å². The molecule has 2 aliphatic heterocycles. The molecule has 2 aliphatic rings. The molecule has 0 unspecified atom stereocenters. The lowest BCUT2D eigenvalue weighted by Crippen LogP contribution is -2.61. The van der Waals surface area contributed by atoms with Crippen molar-refractivity contribution in [2.24, 2.45) is 5.41 Å². The molecule has 1 N–H and O–H groups in total. The second-order valence-electron chi connectivity index (χ2n) is 5.78. The summed E-state index contributed by atoms with van der Waals surface area (Å²) in [5, 5.41) is 3.39. The summed E-state index contributed by atoms with van der Waals surface area (Å²) in [5.41, 5.74) is 2.44. The van der Waals surface area contributed by atoms with Crippen LogP contribution >= 0.6 is 0 Å². The Kier molecular flexibility index (Phi) is 2.86. The molecule has 2 fully saturated rings. The Bertz CT molecular complexity index is 438. The fourth-order valence-corrected chi connectivity index (χ4v) is 3.06. The van der Waals surface area contributed by atoms with Gasteiger partial charge in [0.2, 0.25) is 0 Å². The summed E-state index contributed by atoms with van der Waals surface area (Å²) in [5.74, 6) is 0.194. The third-order valence-corrected chi connectivity index (χ3v) is 4.30. The van der Waals surface area contributed by atoms with Gasteiger partial charge in [-0.3, -0.25) is 4.79 Å². The lowest BCUT2D eigenvalue weighted by atomic mass is 9.72. The zero-order valence-corrected chi connectivity index (χ0v) is 10.9. The fraction of sp³-hybridized carbons (Fsp3) is 0.533. The van der Waals surface area contributed by atoms with Crippen molar-refractivity contribution in [3.05, 3.63) is 35.4 Å². The summed E-state index contributed by atoms with van der Waals surface area (Å²) in [4.78, 5) is 14.3. The molecule has 1 amide bonds. The van der Waals surface area contributed by atoms with E-state index in [1.165, 1.54) is 18.4 Å². The molecule has 2 heterocycles. The van der Waals surface area contributed by atoms with Crippen molar-refractivity contribution >= 4 is 5.91 Å². The number of hydrogen-bond acceptors (Lipinski definition) is 2. The predicted octanol–water partition coefficient (Wildman–Crippen LogP) is 1.82. The van der Waals surface area contributed by atoms with Gasteiger partial charge in [-0.2, -0.15) is 0 Å². The molecule has 0 atom stereocenters. The van der Waals surface area contributed by atoms with E-state index in [1.807, 2.05) is 36.1 Å². The van der Waals surface area contributed by atoms with Crippen LogP contribution in [-0.2, 0) is 0 Å². The Morgan fingerprint density at radius 2 is 1.78 bits per heavy atom. The average Bonchev–Trinajstić information content (AvgIpc) is 2.37. The van der Waals surface area contributed by atoms with E-state index < -0.39 is 0 Å². The number of benzene rings is 1. The number of piperidine rings is 1. The maximum Gasteiger partial charge on any atom is 0.253 e. The molecule has 3 nitrogen and oxygen atoms in total. The first-order valence-electron chi connectivity index (χ1n) is 6.75. The van der Waals surface area contributed by atoms with Crippen LogP contribution in [0.1, 0.15) is 28.8 Å². The van der Waals surface area contributed by atoms with Crippen LogP contribution in [0.25, 0.3) is 0 Å². The molecule has 96 valence electrons. The van der Waals surface area contributed by atoms with Crippen molar-refractivity contribution in [3.8, 4) is 0 Å². The van der Waals surface area contributed by atoms with Gasteiger partial charge in [-0.05, 0) is 45.0 Å². The van der Waals surface area contributed by atoms with Crippen LogP contribution in [0.3, 0.4) is 0 Å². The Balaban J connectivity index is 1.64. The van der Waals surface area contributed by atoms with E-state index in [0.717, 1.165) is 31.7 Å². The second-order valence-corrected chi connectivity index (χ2v) is 5.78. The van der Waals surface area contributed by atoms with Gasteiger partial charge in [0.05, 0.1) is 0 Å². The summed E-state index contributed by atoms with van der Waals surface area (Å²) in [6.07, 6.45) is 2.43. The molecule has 0 radical (unpaired) electrons. The molecule has 1 spiro atoms. The van der Waals surface area contributed by atoms with Crippen LogP contribution in [0, 0.1) is 12.3 Å². The van der Waals surface area contributed by atoms with Gasteiger partial charge in [0.1, 0.15) is 0 Å². The smallest absolute Gasteiger partial charge is 0.253 e. The van der Waals surface area contributed by atoms with Gasteiger partial charge in [-0.15, -0.1) is 0 Å². The quantitative estimate of drug-likeness (QED) is 0.817. The number of rotatable bonds is 1. The Hall–Kier alpha value is -1.35. The van der Waals surface area contributed by atoms with Crippen LogP contribution in [-0.4, -0.2) is 37.0 Å². The lowest BCUT2D eigenvalue weighted by molar-refractivity contribution is -0.0113. The molecule has 2 saturated heterocycles. The Morgan fingerprint density at radius 1 is 1.17 bits per heavy atom. The number of nitrogens with one attached hydrogen (secondary N) is 1. The van der Waals surface area contributed by atoms with Crippen LogP contribution in [0.5, 0.6) is 0 Å². The number of aryl methyl sites for hydroxylation is 1. The third-order valence-electron chi connectivity index (χ3n) is 4.30. The number of carbonyl (C=O) groups excluding carboxylic acids is 1. The van der Waals surface area contributed by atoms with Gasteiger partial charge < -0.3 is 10.2 Å². The van der Waals surface area contributed by atoms with Crippen molar-refractivity contribution in [2.75, 3.05) is 26.2 Å². The summed E-state index contributed by atoms with van der Waals surface area (Å²) in [7, 11) is 0. The topological polar surface area (TPSA) is 32.3 Å². The normalized spacial score (nSPS) is 21.7. The van der Waals surface area contributed by atoms with Gasteiger partial charge in [-0.1, -0.05) is 17.7 Å². The first-order valence-corrected chi connectivity index (χ1v) is 6.75. The molecule has 0 aliphatic carbocycles. The second kappa shape index (κ2) is 4.39. The maximum absolute atomic E-state index is 12.3. The Labute approximate surface area is 108 Å². The van der Waals surface area contributed by atoms with Crippen LogP contribution in [0.2, 0.25) is 0 Å². The van der Waals surface area contributed by atoms with E-state index in [0.29, 0.717) is 5.41 Å². The number of amides is 1. The van der Waals surface area contributed by atoms with E-state index in [4.69, 9.17) is 0 Å². The SMILES string of the molecule is Cc1ccc(C(=O)N2CC3(CCNCC3)C2)cc1. The van der Waals surface area contributed by atoms with Gasteiger partial charge in [0.25, 0.3) is 5.91 Å². The van der Waals surface area contributed by atoms with E-state index in [9.17, 15) is 4.79 Å². The first kappa shape index (κ1) is 11.7. The summed E-state index contributed by atoms with van der Waals surface area (Å²) >= 11 is 0. The molecular weight excluding hydrogens is 224 g/mol. The molecule has 1 aromatic rings. The fourth-order valence-electron chi connectivity index (χ4n) is 3.06. The van der Waals surface area contributed by atoms with Crippen LogP contribution < -0.4 is 5.32 Å². The minimum absolute atomic E-state index is 0.194. The van der Waals surface area contributed by atoms with E-state index >= 15 is 0 Å². The van der Waals surface area contributed by atoms with Crippen molar-refractivity contribution in [1.29, 1.82) is 0 Å². The largest absolute Gasteiger partial charge is 0.337 e. The predicted molar refractivity (Wildman–Crippen MR) is 71.6 cm³/mol. The molecular formula is C15H20N2O. The monoisotopic (exact) mass is 244 g/mol. The maximum atomic E-state index is 12.3. The molecule has 18 heavy (non-hydrogen) atoms. The number of hydrogen-bond donors (Lipinski definition) is 1. The molecule has 0 bridgehead atoms. The van der Waals surface area contributed by atoms with Gasteiger partial charge in [-0.25, -0.2) is 0 Å². The summed E-state index contributed by atoms with van der Waals surface area (Å²) < 4.78 is 0. The standard InChI is InChI=1S/C15H20N2O/c1-12-2-4-13(5-3-12)14(18)17-10-15(11-17)6-8-16-9-7-15/h2-5,16H,6-11H2,1H3. The van der Waals surface area contributed by atoms with Crippen molar-refractivity contribution in [3.63, 3.8) is 0 Å². The minimum atomic E-state index is 0.194.